The highest BCUT2D eigenvalue weighted by Crippen LogP contribution is 2.28. The van der Waals surface area contributed by atoms with Gasteiger partial charge >= 0.3 is 6.09 Å². The number of nitrogens with zero attached hydrogens (tertiary/aromatic N) is 3. The summed E-state index contributed by atoms with van der Waals surface area (Å²) >= 11 is 1.69. The standard InChI is InChI=1S/C15H18N4O3S/c1-16-13(20)10-22-15(21)19-7-5-18(6-8-19)14-11-3-9-23-12(11)2-4-17-14/h2-4,9H,5-8,10H2,1H3,(H,16,20). The van der Waals surface area contributed by atoms with Gasteiger partial charge in [-0.15, -0.1) is 11.3 Å². The van der Waals surface area contributed by atoms with Crippen molar-refractivity contribution in [1.29, 1.82) is 0 Å². The number of fused-ring (bicyclic) bond motifs is 1. The number of pyridine rings is 1. The van der Waals surface area contributed by atoms with Gasteiger partial charge in [0.05, 0.1) is 0 Å². The summed E-state index contributed by atoms with van der Waals surface area (Å²) in [6.07, 6.45) is 1.37. The molecule has 0 aliphatic carbocycles. The highest BCUT2D eigenvalue weighted by molar-refractivity contribution is 7.17. The first kappa shape index (κ1) is 15.5. The minimum atomic E-state index is -0.449. The number of hydrogen-bond acceptors (Lipinski definition) is 6. The smallest absolute Gasteiger partial charge is 0.410 e. The molecule has 2 aromatic rings. The van der Waals surface area contributed by atoms with Gasteiger partial charge in [-0.1, -0.05) is 0 Å². The van der Waals surface area contributed by atoms with E-state index in [1.54, 1.807) is 16.2 Å². The highest BCUT2D eigenvalue weighted by atomic mass is 32.1. The third kappa shape index (κ3) is 3.37. The summed E-state index contributed by atoms with van der Waals surface area (Å²) in [7, 11) is 1.51. The molecular formula is C15H18N4O3S. The van der Waals surface area contributed by atoms with Crippen LogP contribution in [0.3, 0.4) is 0 Å². The lowest BCUT2D eigenvalue weighted by Crippen LogP contribution is -2.49. The predicted octanol–water partition coefficient (Wildman–Crippen LogP) is 1.30. The van der Waals surface area contributed by atoms with Gasteiger partial charge in [0, 0.05) is 49.5 Å². The predicted molar refractivity (Wildman–Crippen MR) is 88.8 cm³/mol. The Morgan fingerprint density at radius 1 is 1.30 bits per heavy atom. The molecule has 0 spiro atoms. The third-order valence-corrected chi connectivity index (χ3v) is 4.68. The van der Waals surface area contributed by atoms with E-state index in [-0.39, 0.29) is 12.5 Å². The van der Waals surface area contributed by atoms with E-state index in [1.807, 2.05) is 12.3 Å². The lowest BCUT2D eigenvalue weighted by molar-refractivity contribution is -0.123. The Morgan fingerprint density at radius 2 is 2.09 bits per heavy atom. The van der Waals surface area contributed by atoms with Gasteiger partial charge in [-0.05, 0) is 17.5 Å². The zero-order chi connectivity index (χ0) is 16.2. The molecule has 0 atom stereocenters. The van der Waals surface area contributed by atoms with Crippen LogP contribution >= 0.6 is 11.3 Å². The van der Waals surface area contributed by atoms with Crippen molar-refractivity contribution in [3.05, 3.63) is 23.7 Å². The van der Waals surface area contributed by atoms with Gasteiger partial charge in [0.1, 0.15) is 5.82 Å². The molecular weight excluding hydrogens is 316 g/mol. The van der Waals surface area contributed by atoms with Crippen molar-refractivity contribution in [3.63, 3.8) is 0 Å². The molecule has 3 rings (SSSR count). The molecule has 8 heteroatoms. The van der Waals surface area contributed by atoms with Crippen LogP contribution in [0.5, 0.6) is 0 Å². The molecule has 23 heavy (non-hydrogen) atoms. The Labute approximate surface area is 137 Å². The van der Waals surface area contributed by atoms with Gasteiger partial charge in [-0.2, -0.15) is 0 Å². The Bertz CT molecular complexity index is 710. The summed E-state index contributed by atoms with van der Waals surface area (Å²) in [5.41, 5.74) is 0. The molecule has 1 N–H and O–H groups in total. The van der Waals surface area contributed by atoms with Gasteiger partial charge in [-0.25, -0.2) is 9.78 Å². The number of likely N-dealkylation sites (N-methyl/N-ethyl adjacent to an activating group) is 1. The maximum absolute atomic E-state index is 11.9. The molecule has 0 unspecified atom stereocenters. The molecule has 1 saturated heterocycles. The lowest BCUT2D eigenvalue weighted by atomic mass is 10.2. The summed E-state index contributed by atoms with van der Waals surface area (Å²) in [6.45, 7) is 2.24. The van der Waals surface area contributed by atoms with E-state index in [0.717, 1.165) is 11.2 Å². The second-order valence-corrected chi connectivity index (χ2v) is 6.12. The van der Waals surface area contributed by atoms with Gasteiger partial charge in [0.25, 0.3) is 5.91 Å². The van der Waals surface area contributed by atoms with Crippen molar-refractivity contribution < 1.29 is 14.3 Å². The number of rotatable bonds is 3. The van der Waals surface area contributed by atoms with Crippen molar-refractivity contribution >= 4 is 39.2 Å². The second kappa shape index (κ2) is 6.82. The van der Waals surface area contributed by atoms with Crippen LogP contribution in [0.4, 0.5) is 10.6 Å². The molecule has 1 aliphatic rings. The second-order valence-electron chi connectivity index (χ2n) is 5.17. The Morgan fingerprint density at radius 3 is 2.83 bits per heavy atom. The summed E-state index contributed by atoms with van der Waals surface area (Å²) in [4.78, 5) is 31.3. The van der Waals surface area contributed by atoms with Crippen LogP contribution in [0.1, 0.15) is 0 Å². The van der Waals surface area contributed by atoms with Crippen molar-refractivity contribution in [2.75, 3.05) is 44.7 Å². The average molecular weight is 334 g/mol. The zero-order valence-electron chi connectivity index (χ0n) is 12.8. The van der Waals surface area contributed by atoms with Gasteiger partial charge in [0.15, 0.2) is 6.61 Å². The normalized spacial score (nSPS) is 14.8. The highest BCUT2D eigenvalue weighted by Gasteiger charge is 2.24. The number of hydrogen-bond donors (Lipinski definition) is 1. The average Bonchev–Trinajstić information content (AvgIpc) is 3.08. The number of carbonyl (C=O) groups excluding carboxylic acids is 2. The summed E-state index contributed by atoms with van der Waals surface area (Å²) < 4.78 is 6.19. The van der Waals surface area contributed by atoms with E-state index in [1.165, 1.54) is 11.7 Å². The van der Waals surface area contributed by atoms with Crippen LogP contribution in [-0.2, 0) is 9.53 Å². The quantitative estimate of drug-likeness (QED) is 0.916. The molecule has 0 radical (unpaired) electrons. The van der Waals surface area contributed by atoms with Gasteiger partial charge in [0.2, 0.25) is 0 Å². The molecule has 1 fully saturated rings. The van der Waals surface area contributed by atoms with Crippen LogP contribution in [0.25, 0.3) is 10.1 Å². The van der Waals surface area contributed by atoms with Crippen LogP contribution in [0.2, 0.25) is 0 Å². The van der Waals surface area contributed by atoms with Crippen LogP contribution in [0.15, 0.2) is 23.7 Å². The zero-order valence-corrected chi connectivity index (χ0v) is 13.6. The summed E-state index contributed by atoms with van der Waals surface area (Å²) in [5, 5.41) is 5.62. The van der Waals surface area contributed by atoms with Crippen LogP contribution in [0, 0.1) is 0 Å². The maximum atomic E-state index is 11.9. The minimum absolute atomic E-state index is 0.245. The van der Waals surface area contributed by atoms with Gasteiger partial charge in [-0.3, -0.25) is 4.79 Å². The molecule has 2 aromatic heterocycles. The first-order valence-electron chi connectivity index (χ1n) is 7.38. The molecule has 0 saturated carbocycles. The monoisotopic (exact) mass is 334 g/mol. The van der Waals surface area contributed by atoms with Crippen LogP contribution in [-0.4, -0.2) is 61.7 Å². The fraction of sp³-hybridized carbons (Fsp3) is 0.400. The first-order chi connectivity index (χ1) is 11.2. The first-order valence-corrected chi connectivity index (χ1v) is 8.26. The Kier molecular flexibility index (Phi) is 4.61. The number of nitrogens with one attached hydrogen (secondary N) is 1. The lowest BCUT2D eigenvalue weighted by Gasteiger charge is -2.35. The number of aromatic nitrogens is 1. The third-order valence-electron chi connectivity index (χ3n) is 3.80. The number of amides is 2. The molecule has 122 valence electrons. The molecule has 1 aliphatic heterocycles. The molecule has 0 aromatic carbocycles. The summed E-state index contributed by atoms with van der Waals surface area (Å²) in [5.74, 6) is 0.646. The van der Waals surface area contributed by atoms with Crippen molar-refractivity contribution in [2.45, 2.75) is 0 Å². The van der Waals surface area contributed by atoms with E-state index < -0.39 is 6.09 Å². The maximum Gasteiger partial charge on any atom is 0.410 e. The van der Waals surface area contributed by atoms with E-state index in [4.69, 9.17) is 4.74 Å². The van der Waals surface area contributed by atoms with E-state index in [9.17, 15) is 9.59 Å². The largest absolute Gasteiger partial charge is 0.439 e. The molecule has 2 amide bonds. The van der Waals surface area contributed by atoms with Crippen molar-refractivity contribution in [2.24, 2.45) is 0 Å². The van der Waals surface area contributed by atoms with Gasteiger partial charge < -0.3 is 19.9 Å². The topological polar surface area (TPSA) is 74.8 Å². The fourth-order valence-electron chi connectivity index (χ4n) is 2.52. The number of ether oxygens (including phenoxy) is 1. The Hall–Kier alpha value is -2.35. The SMILES string of the molecule is CNC(=O)COC(=O)N1CCN(c2nccc3sccc23)CC1. The number of piperazine rings is 1. The fourth-order valence-corrected chi connectivity index (χ4v) is 3.30. The Balaban J connectivity index is 1.59. The number of anilines is 1. The summed E-state index contributed by atoms with van der Waals surface area (Å²) in [6, 6.07) is 4.09. The van der Waals surface area contributed by atoms with E-state index >= 15 is 0 Å². The molecule has 7 nitrogen and oxygen atoms in total. The van der Waals surface area contributed by atoms with E-state index in [2.05, 4.69) is 26.6 Å². The molecule has 0 bridgehead atoms. The van der Waals surface area contributed by atoms with E-state index in [0.29, 0.717) is 26.2 Å². The molecule has 3 heterocycles. The number of thiophene rings is 1. The van der Waals surface area contributed by atoms with Crippen LogP contribution < -0.4 is 10.2 Å². The van der Waals surface area contributed by atoms with Crippen molar-refractivity contribution in [1.82, 2.24) is 15.2 Å². The number of carbonyl (C=O) groups is 2. The van der Waals surface area contributed by atoms with Crippen molar-refractivity contribution in [3.8, 4) is 0 Å². The minimum Gasteiger partial charge on any atom is -0.439 e.